The van der Waals surface area contributed by atoms with E-state index in [2.05, 4.69) is 190 Å². The Morgan fingerprint density at radius 2 is 1.00 bits per heavy atom. The van der Waals surface area contributed by atoms with Crippen LogP contribution < -0.4 is 4.90 Å². The molecule has 0 spiro atoms. The Morgan fingerprint density at radius 3 is 1.44 bits per heavy atom. The molecule has 0 atom stereocenters. The average Bonchev–Trinajstić information content (AvgIpc) is 4.26. The van der Waals surface area contributed by atoms with Crippen molar-refractivity contribution in [3.8, 4) is 43.5 Å². The molecule has 0 radical (unpaired) electrons. The third kappa shape index (κ3) is 8.96. The molecule has 9 heteroatoms. The van der Waals surface area contributed by atoms with E-state index in [1.807, 2.05) is 36.4 Å². The smallest absolute Gasteiger partial charge is 0.270 e. The van der Waals surface area contributed by atoms with Gasteiger partial charge in [0.1, 0.15) is 0 Å². The quantitative estimate of drug-likeness (QED) is 0.0959. The van der Waals surface area contributed by atoms with Crippen molar-refractivity contribution in [3.05, 3.63) is 251 Å². The topological polar surface area (TPSA) is 59.5 Å². The van der Waals surface area contributed by atoms with E-state index in [1.165, 1.54) is 35.5 Å². The summed E-state index contributed by atoms with van der Waals surface area (Å²) in [5.41, 5.74) is 10.3. The highest BCUT2D eigenvalue weighted by molar-refractivity contribution is 7.17. The molecule has 0 N–H and O–H groups in total. The Balaban J connectivity index is 0.964. The lowest BCUT2D eigenvalue weighted by Gasteiger charge is -2.26. The van der Waals surface area contributed by atoms with Gasteiger partial charge in [0.15, 0.2) is 0 Å². The van der Waals surface area contributed by atoms with E-state index in [-0.39, 0.29) is 11.4 Å². The van der Waals surface area contributed by atoms with Gasteiger partial charge in [0, 0.05) is 62.3 Å². The minimum Gasteiger partial charge on any atom is -0.311 e. The zero-order valence-corrected chi connectivity index (χ0v) is 39.4. The highest BCUT2D eigenvalue weighted by Crippen LogP contribution is 2.50. The van der Waals surface area contributed by atoms with Crippen LogP contribution in [0.5, 0.6) is 0 Å². The van der Waals surface area contributed by atoms with Gasteiger partial charge in [-0.1, -0.05) is 91.0 Å². The van der Waals surface area contributed by atoms with Crippen molar-refractivity contribution in [3.63, 3.8) is 0 Å². The maximum Gasteiger partial charge on any atom is 0.270 e. The molecule has 320 valence electrons. The minimum atomic E-state index is -0.0834. The summed E-state index contributed by atoms with van der Waals surface area (Å²) in [5.74, 6) is 0. The van der Waals surface area contributed by atoms with Crippen molar-refractivity contribution in [2.45, 2.75) is 6.42 Å². The standard InChI is InChI=1S/C59H35N5S4/c1-62-53(37-60)58-50-11-5-6-12-51(50)59(54(38-61)63-2)52(58)36-49-31-34-57(68-49)42-18-24-45(25-19-42)64(43-20-14-40(15-21-43)55-32-29-47(66-55)26-13-39-8-3-4-9-39)44-22-16-41(17-23-44)56-33-30-48(67-56)28-27-46-10-7-35-65-46/h3-8,10-36H,9H2/b26-13+,28-27+,58-53-,59-54-. The number of fused-ring (bicyclic) bond motifs is 1. The molecule has 5 nitrogen and oxygen atoms in total. The van der Waals surface area contributed by atoms with E-state index in [0.29, 0.717) is 27.8 Å². The molecule has 10 rings (SSSR count). The van der Waals surface area contributed by atoms with Gasteiger partial charge in [-0.05, 0) is 154 Å². The summed E-state index contributed by atoms with van der Waals surface area (Å²) in [6.45, 7) is 15.6. The second-order valence-electron chi connectivity index (χ2n) is 15.6. The molecule has 2 aliphatic rings. The molecule has 0 saturated carbocycles. The SMILES string of the molecule is [C-]#[N+]/C(C#N)=C1\C(=Cc2ccc(-c3ccc(N(c4ccc(-c5ccc(/C=C/C6=CC=CC6)s5)cc4)c4ccc(-c5ccc(/C=C/c6cccs6)s5)cc4)cc3)s2)/C(=C(/C#N)[N+]#[C-])c2ccccc21. The predicted molar refractivity (Wildman–Crippen MR) is 288 cm³/mol. The fourth-order valence-electron chi connectivity index (χ4n) is 8.28. The van der Waals surface area contributed by atoms with Crippen LogP contribution in [-0.4, -0.2) is 0 Å². The number of nitriles is 2. The zero-order valence-electron chi connectivity index (χ0n) is 36.1. The van der Waals surface area contributed by atoms with Crippen molar-refractivity contribution < 1.29 is 0 Å². The van der Waals surface area contributed by atoms with Gasteiger partial charge in [0.2, 0.25) is 0 Å². The summed E-state index contributed by atoms with van der Waals surface area (Å²) in [5, 5.41) is 22.1. The lowest BCUT2D eigenvalue weighted by atomic mass is 9.99. The Kier molecular flexibility index (Phi) is 12.5. The Morgan fingerprint density at radius 1 is 0.529 bits per heavy atom. The monoisotopic (exact) mass is 941 g/mol. The second kappa shape index (κ2) is 19.6. The molecule has 68 heavy (non-hydrogen) atoms. The van der Waals surface area contributed by atoms with Gasteiger partial charge in [-0.15, -0.1) is 45.3 Å². The highest BCUT2D eigenvalue weighted by atomic mass is 32.1. The summed E-state index contributed by atoms with van der Waals surface area (Å²) < 4.78 is 0. The van der Waals surface area contributed by atoms with Gasteiger partial charge in [0.25, 0.3) is 11.4 Å². The molecule has 4 aromatic heterocycles. The van der Waals surface area contributed by atoms with E-state index in [0.717, 1.165) is 44.4 Å². The van der Waals surface area contributed by atoms with Gasteiger partial charge in [-0.3, -0.25) is 0 Å². The first-order chi connectivity index (χ1) is 33.5. The summed E-state index contributed by atoms with van der Waals surface area (Å²) in [6, 6.07) is 54.5. The van der Waals surface area contributed by atoms with Gasteiger partial charge >= 0.3 is 0 Å². The Hall–Kier alpha value is -8.38. The normalized spacial score (nSPS) is 14.3. The minimum absolute atomic E-state index is 0.0834. The second-order valence-corrected chi connectivity index (χ2v) is 20.0. The lowest BCUT2D eigenvalue weighted by Crippen LogP contribution is -2.09. The maximum atomic E-state index is 10.0. The van der Waals surface area contributed by atoms with Crippen LogP contribution in [0, 0.1) is 35.8 Å². The Labute approximate surface area is 411 Å². The van der Waals surface area contributed by atoms with Gasteiger partial charge < -0.3 is 4.90 Å². The summed E-state index contributed by atoms with van der Waals surface area (Å²) in [7, 11) is 0. The van der Waals surface area contributed by atoms with Crippen molar-refractivity contribution >= 4 is 97.9 Å². The first-order valence-corrected chi connectivity index (χ1v) is 24.9. The first kappa shape index (κ1) is 43.5. The van der Waals surface area contributed by atoms with Crippen molar-refractivity contribution in [1.29, 1.82) is 10.5 Å². The number of hydrogen-bond donors (Lipinski definition) is 0. The summed E-state index contributed by atoms with van der Waals surface area (Å²) in [4.78, 5) is 17.4. The van der Waals surface area contributed by atoms with E-state index in [4.69, 9.17) is 13.1 Å². The molecule has 0 saturated heterocycles. The molecule has 2 aliphatic carbocycles. The van der Waals surface area contributed by atoms with Crippen LogP contribution in [0.15, 0.2) is 198 Å². The third-order valence-corrected chi connectivity index (χ3v) is 15.6. The van der Waals surface area contributed by atoms with Crippen molar-refractivity contribution in [2.75, 3.05) is 4.90 Å². The summed E-state index contributed by atoms with van der Waals surface area (Å²) >= 11 is 6.86. The lowest BCUT2D eigenvalue weighted by molar-refractivity contribution is 1.28. The van der Waals surface area contributed by atoms with Crippen molar-refractivity contribution in [2.24, 2.45) is 0 Å². The van der Waals surface area contributed by atoms with Crippen LogP contribution >= 0.6 is 45.3 Å². The Bertz CT molecular complexity index is 3510. The fourth-order valence-corrected chi connectivity index (χ4v) is 11.7. The number of anilines is 3. The molecule has 0 aliphatic heterocycles. The van der Waals surface area contributed by atoms with Crippen LogP contribution in [0.3, 0.4) is 0 Å². The molecular formula is C59H35N5S4. The summed E-state index contributed by atoms with van der Waals surface area (Å²) in [6.07, 6.45) is 18.1. The van der Waals surface area contributed by atoms with Crippen LogP contribution in [0.1, 0.15) is 37.1 Å². The predicted octanol–water partition coefficient (Wildman–Crippen LogP) is 17.9. The van der Waals surface area contributed by atoms with Crippen LogP contribution in [0.4, 0.5) is 17.1 Å². The molecule has 0 amide bonds. The molecule has 0 fully saturated rings. The van der Waals surface area contributed by atoms with Gasteiger partial charge in [-0.2, -0.15) is 0 Å². The van der Waals surface area contributed by atoms with E-state index >= 15 is 0 Å². The molecule has 0 unspecified atom stereocenters. The van der Waals surface area contributed by atoms with E-state index in [1.54, 1.807) is 45.3 Å². The maximum absolute atomic E-state index is 10.0. The van der Waals surface area contributed by atoms with Crippen LogP contribution in [0.25, 0.3) is 76.5 Å². The van der Waals surface area contributed by atoms with E-state index < -0.39 is 0 Å². The first-order valence-electron chi connectivity index (χ1n) is 21.5. The number of benzene rings is 4. The average molecular weight is 942 g/mol. The molecule has 0 bridgehead atoms. The fraction of sp³-hybridized carbons (Fsp3) is 0.0169. The number of rotatable bonds is 11. The highest BCUT2D eigenvalue weighted by Gasteiger charge is 2.31. The van der Waals surface area contributed by atoms with Gasteiger partial charge in [-0.25, -0.2) is 20.2 Å². The van der Waals surface area contributed by atoms with Crippen molar-refractivity contribution in [1.82, 2.24) is 0 Å². The molecule has 8 aromatic rings. The molecule has 4 heterocycles. The molecule has 4 aromatic carbocycles. The van der Waals surface area contributed by atoms with Gasteiger partial charge in [0.05, 0.1) is 25.3 Å². The number of hydrogen-bond acceptors (Lipinski definition) is 7. The van der Waals surface area contributed by atoms with Crippen LogP contribution in [0.2, 0.25) is 0 Å². The van der Waals surface area contributed by atoms with E-state index in [9.17, 15) is 10.5 Å². The number of thiophene rings is 4. The largest absolute Gasteiger partial charge is 0.311 e. The third-order valence-electron chi connectivity index (χ3n) is 11.5. The number of nitrogens with zero attached hydrogens (tertiary/aromatic N) is 5. The molecular weight excluding hydrogens is 907 g/mol. The van der Waals surface area contributed by atoms with Crippen LogP contribution in [-0.2, 0) is 0 Å². The zero-order chi connectivity index (χ0) is 46.4. The number of allylic oxidation sites excluding steroid dienone is 10.